The van der Waals surface area contributed by atoms with Gasteiger partial charge in [0.15, 0.2) is 0 Å². The highest BCUT2D eigenvalue weighted by Gasteiger charge is 2.03. The van der Waals surface area contributed by atoms with Crippen LogP contribution in [0.15, 0.2) is 28.7 Å². The van der Waals surface area contributed by atoms with Crippen LogP contribution < -0.4 is 5.32 Å². The SMILES string of the molecule is CSCCCCN[C@H](C)c1cccc(Br)c1. The van der Waals surface area contributed by atoms with Crippen LogP contribution in [0.1, 0.15) is 31.4 Å². The Bertz CT molecular complexity index is 304. The van der Waals surface area contributed by atoms with Crippen LogP contribution in [0, 0.1) is 0 Å². The lowest BCUT2D eigenvalue weighted by Gasteiger charge is -2.14. The van der Waals surface area contributed by atoms with E-state index in [-0.39, 0.29) is 0 Å². The van der Waals surface area contributed by atoms with Gasteiger partial charge in [0.25, 0.3) is 0 Å². The van der Waals surface area contributed by atoms with Crippen molar-refractivity contribution in [2.75, 3.05) is 18.6 Å². The van der Waals surface area contributed by atoms with Gasteiger partial charge in [-0.05, 0) is 56.0 Å². The molecule has 0 aliphatic heterocycles. The average Bonchev–Trinajstić information content (AvgIpc) is 2.28. The maximum Gasteiger partial charge on any atom is 0.0292 e. The molecule has 0 amide bonds. The molecule has 0 fully saturated rings. The molecule has 90 valence electrons. The molecule has 16 heavy (non-hydrogen) atoms. The molecule has 0 aliphatic carbocycles. The summed E-state index contributed by atoms with van der Waals surface area (Å²) in [7, 11) is 0. The predicted molar refractivity (Wildman–Crippen MR) is 78.2 cm³/mol. The van der Waals surface area contributed by atoms with E-state index in [2.05, 4.69) is 58.7 Å². The van der Waals surface area contributed by atoms with Gasteiger partial charge in [0.05, 0.1) is 0 Å². The summed E-state index contributed by atoms with van der Waals surface area (Å²) in [6.45, 7) is 3.32. The van der Waals surface area contributed by atoms with Gasteiger partial charge in [-0.2, -0.15) is 11.8 Å². The molecule has 0 heterocycles. The number of hydrogen-bond donors (Lipinski definition) is 1. The highest BCUT2D eigenvalue weighted by Crippen LogP contribution is 2.17. The van der Waals surface area contributed by atoms with Crippen molar-refractivity contribution in [2.24, 2.45) is 0 Å². The Morgan fingerprint density at radius 1 is 1.38 bits per heavy atom. The lowest BCUT2D eigenvalue weighted by Crippen LogP contribution is -2.19. The van der Waals surface area contributed by atoms with Crippen LogP contribution in [0.2, 0.25) is 0 Å². The molecule has 3 heteroatoms. The predicted octanol–water partition coefficient (Wildman–Crippen LogP) is 4.24. The van der Waals surface area contributed by atoms with Crippen LogP contribution >= 0.6 is 27.7 Å². The Hall–Kier alpha value is 0.01000. The van der Waals surface area contributed by atoms with Gasteiger partial charge in [0.2, 0.25) is 0 Å². The van der Waals surface area contributed by atoms with Crippen molar-refractivity contribution in [3.05, 3.63) is 34.3 Å². The number of unbranched alkanes of at least 4 members (excludes halogenated alkanes) is 1. The minimum atomic E-state index is 0.437. The first-order valence-electron chi connectivity index (χ1n) is 5.72. The van der Waals surface area contributed by atoms with Crippen molar-refractivity contribution in [2.45, 2.75) is 25.8 Å². The zero-order valence-electron chi connectivity index (χ0n) is 10.0. The Kier molecular flexibility index (Phi) is 7.17. The van der Waals surface area contributed by atoms with Crippen LogP contribution in [0.25, 0.3) is 0 Å². The monoisotopic (exact) mass is 301 g/mol. The normalized spacial score (nSPS) is 12.7. The van der Waals surface area contributed by atoms with Gasteiger partial charge in [-0.3, -0.25) is 0 Å². The van der Waals surface area contributed by atoms with Crippen molar-refractivity contribution >= 4 is 27.7 Å². The van der Waals surface area contributed by atoms with Gasteiger partial charge in [0.1, 0.15) is 0 Å². The molecule has 0 radical (unpaired) electrons. The van der Waals surface area contributed by atoms with E-state index in [1.165, 1.54) is 24.2 Å². The van der Waals surface area contributed by atoms with E-state index >= 15 is 0 Å². The highest BCUT2D eigenvalue weighted by atomic mass is 79.9. The second-order valence-electron chi connectivity index (χ2n) is 3.93. The maximum atomic E-state index is 3.55. The molecule has 1 aromatic carbocycles. The summed E-state index contributed by atoms with van der Waals surface area (Å²) in [5.74, 6) is 1.27. The first-order valence-corrected chi connectivity index (χ1v) is 7.90. The molecule has 1 atom stereocenters. The molecule has 0 spiro atoms. The van der Waals surface area contributed by atoms with E-state index in [0.717, 1.165) is 11.0 Å². The Morgan fingerprint density at radius 2 is 2.19 bits per heavy atom. The fourth-order valence-electron chi connectivity index (χ4n) is 1.58. The summed E-state index contributed by atoms with van der Waals surface area (Å²) in [5.41, 5.74) is 1.35. The average molecular weight is 302 g/mol. The quantitative estimate of drug-likeness (QED) is 0.756. The minimum absolute atomic E-state index is 0.437. The molecule has 1 nitrogen and oxygen atoms in total. The Morgan fingerprint density at radius 3 is 2.88 bits per heavy atom. The molecule has 0 aromatic heterocycles. The van der Waals surface area contributed by atoms with Crippen molar-refractivity contribution in [3.63, 3.8) is 0 Å². The van der Waals surface area contributed by atoms with Crippen LogP contribution in [-0.4, -0.2) is 18.6 Å². The van der Waals surface area contributed by atoms with Crippen molar-refractivity contribution in [1.82, 2.24) is 5.32 Å². The summed E-state index contributed by atoms with van der Waals surface area (Å²) in [6, 6.07) is 8.94. The molecular formula is C13H20BrNS. The summed E-state index contributed by atoms with van der Waals surface area (Å²) in [5, 5.41) is 3.55. The molecule has 1 rings (SSSR count). The number of rotatable bonds is 7. The lowest BCUT2D eigenvalue weighted by atomic mass is 10.1. The molecular weight excluding hydrogens is 282 g/mol. The molecule has 0 unspecified atom stereocenters. The zero-order chi connectivity index (χ0) is 11.8. The molecule has 1 N–H and O–H groups in total. The van der Waals surface area contributed by atoms with Gasteiger partial charge in [-0.15, -0.1) is 0 Å². The first kappa shape index (κ1) is 14.1. The molecule has 1 aromatic rings. The number of halogens is 1. The van der Waals surface area contributed by atoms with E-state index in [0.29, 0.717) is 6.04 Å². The van der Waals surface area contributed by atoms with Gasteiger partial charge in [0, 0.05) is 10.5 Å². The topological polar surface area (TPSA) is 12.0 Å². The summed E-state index contributed by atoms with van der Waals surface area (Å²) >= 11 is 5.43. The van der Waals surface area contributed by atoms with Crippen LogP contribution in [0.5, 0.6) is 0 Å². The number of thioether (sulfide) groups is 1. The Balaban J connectivity index is 2.27. The van der Waals surface area contributed by atoms with Crippen LogP contribution in [-0.2, 0) is 0 Å². The van der Waals surface area contributed by atoms with Crippen LogP contribution in [0.4, 0.5) is 0 Å². The molecule has 0 bridgehead atoms. The zero-order valence-corrected chi connectivity index (χ0v) is 12.4. The van der Waals surface area contributed by atoms with Gasteiger partial charge in [-0.1, -0.05) is 28.1 Å². The van der Waals surface area contributed by atoms with Gasteiger partial charge < -0.3 is 5.32 Å². The second kappa shape index (κ2) is 8.15. The van der Waals surface area contributed by atoms with E-state index in [4.69, 9.17) is 0 Å². The standard InChI is InChI=1S/C13H20BrNS/c1-11(15-8-3-4-9-16-2)12-6-5-7-13(14)10-12/h5-7,10-11,15H,3-4,8-9H2,1-2H3/t11-/m1/s1. The third kappa shape index (κ3) is 5.37. The Labute approximate surface area is 112 Å². The van der Waals surface area contributed by atoms with Crippen LogP contribution in [0.3, 0.4) is 0 Å². The van der Waals surface area contributed by atoms with Gasteiger partial charge >= 0.3 is 0 Å². The number of hydrogen-bond acceptors (Lipinski definition) is 2. The first-order chi connectivity index (χ1) is 7.74. The van der Waals surface area contributed by atoms with E-state index in [1.54, 1.807) is 0 Å². The lowest BCUT2D eigenvalue weighted by molar-refractivity contribution is 0.555. The fraction of sp³-hybridized carbons (Fsp3) is 0.538. The summed E-state index contributed by atoms with van der Waals surface area (Å²) < 4.78 is 1.15. The minimum Gasteiger partial charge on any atom is -0.310 e. The summed E-state index contributed by atoms with van der Waals surface area (Å²) in [6.07, 6.45) is 4.73. The molecule has 0 aliphatic rings. The third-order valence-corrected chi connectivity index (χ3v) is 3.76. The van der Waals surface area contributed by atoms with Crippen molar-refractivity contribution < 1.29 is 0 Å². The number of nitrogens with one attached hydrogen (secondary N) is 1. The molecule has 0 saturated carbocycles. The van der Waals surface area contributed by atoms with Crippen molar-refractivity contribution in [3.8, 4) is 0 Å². The van der Waals surface area contributed by atoms with Crippen molar-refractivity contribution in [1.29, 1.82) is 0 Å². The van der Waals surface area contributed by atoms with E-state index < -0.39 is 0 Å². The molecule has 0 saturated heterocycles. The fourth-order valence-corrected chi connectivity index (χ4v) is 2.49. The van der Waals surface area contributed by atoms with E-state index in [9.17, 15) is 0 Å². The summed E-state index contributed by atoms with van der Waals surface area (Å²) in [4.78, 5) is 0. The maximum absolute atomic E-state index is 3.55. The second-order valence-corrected chi connectivity index (χ2v) is 5.83. The van der Waals surface area contributed by atoms with E-state index in [1.807, 2.05) is 11.8 Å². The number of benzene rings is 1. The van der Waals surface area contributed by atoms with Gasteiger partial charge in [-0.25, -0.2) is 0 Å². The highest BCUT2D eigenvalue weighted by molar-refractivity contribution is 9.10. The third-order valence-electron chi connectivity index (χ3n) is 2.57. The smallest absolute Gasteiger partial charge is 0.0292 e. The largest absolute Gasteiger partial charge is 0.310 e.